The molecule has 0 aliphatic heterocycles. The second-order valence-electron chi connectivity index (χ2n) is 3.44. The topological polar surface area (TPSA) is 69.1 Å². The fourth-order valence-electron chi connectivity index (χ4n) is 1.11. The lowest BCUT2D eigenvalue weighted by atomic mass is 9.93. The third kappa shape index (κ3) is 3.36. The number of primary amides is 1. The van der Waals surface area contributed by atoms with Crippen molar-refractivity contribution in [2.45, 2.75) is 18.9 Å². The average Bonchev–Trinajstić information content (AvgIpc) is 2.05. The molecule has 0 heterocycles. The van der Waals surface area contributed by atoms with E-state index in [1.54, 1.807) is 6.92 Å². The van der Waals surface area contributed by atoms with Gasteiger partial charge in [0, 0.05) is 0 Å². The highest BCUT2D eigenvalue weighted by molar-refractivity contribution is 5.85. The molecule has 0 aromatic heterocycles. The Kier molecular flexibility index (Phi) is 4.60. The van der Waals surface area contributed by atoms with Crippen LogP contribution in [0, 0.1) is 0 Å². The minimum absolute atomic E-state index is 0. The number of hydrogen-bond donors (Lipinski definition) is 2. The number of hydrogen-bond acceptors (Lipinski definition) is 2. The van der Waals surface area contributed by atoms with Crippen LogP contribution in [-0.2, 0) is 11.2 Å². The standard InChI is InChI=1S/C10H14N2O.ClH/c1-10(12,9(11)13)7-8-5-3-2-4-6-8;/h2-6H,7,12H2,1H3,(H2,11,13);1H/t10-;/m0./s1. The molecule has 0 bridgehead atoms. The van der Waals surface area contributed by atoms with Crippen molar-refractivity contribution < 1.29 is 4.79 Å². The van der Waals surface area contributed by atoms with Crippen molar-refractivity contribution in [2.24, 2.45) is 11.5 Å². The van der Waals surface area contributed by atoms with Gasteiger partial charge in [0.1, 0.15) is 0 Å². The summed E-state index contributed by atoms with van der Waals surface area (Å²) < 4.78 is 0. The second-order valence-corrected chi connectivity index (χ2v) is 3.44. The first-order valence-corrected chi connectivity index (χ1v) is 4.15. The predicted octanol–water partition coefficient (Wildman–Crippen LogP) is 0.854. The van der Waals surface area contributed by atoms with Gasteiger partial charge in [-0.3, -0.25) is 4.79 Å². The molecule has 0 radical (unpaired) electrons. The van der Waals surface area contributed by atoms with Gasteiger partial charge in [0.15, 0.2) is 0 Å². The molecule has 0 saturated heterocycles. The van der Waals surface area contributed by atoms with E-state index in [1.165, 1.54) is 0 Å². The molecule has 78 valence electrons. The van der Waals surface area contributed by atoms with Crippen LogP contribution in [0.1, 0.15) is 12.5 Å². The van der Waals surface area contributed by atoms with Crippen LogP contribution in [0.15, 0.2) is 30.3 Å². The first kappa shape index (κ1) is 12.9. The van der Waals surface area contributed by atoms with Crippen molar-refractivity contribution in [3.8, 4) is 0 Å². The summed E-state index contributed by atoms with van der Waals surface area (Å²) in [5.41, 5.74) is 10.9. The summed E-state index contributed by atoms with van der Waals surface area (Å²) in [5, 5.41) is 0. The van der Waals surface area contributed by atoms with Gasteiger partial charge in [0.25, 0.3) is 0 Å². The lowest BCUT2D eigenvalue weighted by Crippen LogP contribution is -2.50. The minimum Gasteiger partial charge on any atom is -0.368 e. The van der Waals surface area contributed by atoms with E-state index in [-0.39, 0.29) is 12.4 Å². The Balaban J connectivity index is 0.00000169. The molecule has 0 aliphatic rings. The lowest BCUT2D eigenvalue weighted by molar-refractivity contribution is -0.122. The molecular weight excluding hydrogens is 200 g/mol. The van der Waals surface area contributed by atoms with Gasteiger partial charge in [-0.15, -0.1) is 12.4 Å². The molecule has 0 spiro atoms. The molecule has 4 N–H and O–H groups in total. The number of rotatable bonds is 3. The van der Waals surface area contributed by atoms with Crippen molar-refractivity contribution in [3.63, 3.8) is 0 Å². The van der Waals surface area contributed by atoms with Crippen molar-refractivity contribution in [1.82, 2.24) is 0 Å². The first-order chi connectivity index (χ1) is 6.02. The second kappa shape index (κ2) is 4.98. The molecule has 0 saturated carbocycles. The maximum atomic E-state index is 10.9. The molecule has 1 rings (SSSR count). The zero-order valence-corrected chi connectivity index (χ0v) is 8.88. The van der Waals surface area contributed by atoms with Crippen LogP contribution in [0.3, 0.4) is 0 Å². The van der Waals surface area contributed by atoms with Gasteiger partial charge in [0.2, 0.25) is 5.91 Å². The van der Waals surface area contributed by atoms with Crippen LogP contribution in [0.4, 0.5) is 0 Å². The highest BCUT2D eigenvalue weighted by atomic mass is 35.5. The Morgan fingerprint density at radius 2 is 1.86 bits per heavy atom. The molecule has 4 heteroatoms. The lowest BCUT2D eigenvalue weighted by Gasteiger charge is -2.20. The van der Waals surface area contributed by atoms with Crippen LogP contribution >= 0.6 is 12.4 Å². The number of amides is 1. The van der Waals surface area contributed by atoms with E-state index in [1.807, 2.05) is 30.3 Å². The normalized spacial score (nSPS) is 13.9. The van der Waals surface area contributed by atoms with Crippen molar-refractivity contribution in [3.05, 3.63) is 35.9 Å². The van der Waals surface area contributed by atoms with E-state index in [2.05, 4.69) is 0 Å². The maximum absolute atomic E-state index is 10.9. The van der Waals surface area contributed by atoms with E-state index >= 15 is 0 Å². The Morgan fingerprint density at radius 3 is 2.29 bits per heavy atom. The van der Waals surface area contributed by atoms with Gasteiger partial charge in [-0.1, -0.05) is 30.3 Å². The molecule has 1 aromatic carbocycles. The summed E-state index contributed by atoms with van der Waals surface area (Å²) in [4.78, 5) is 10.9. The number of carbonyl (C=O) groups is 1. The zero-order valence-electron chi connectivity index (χ0n) is 8.07. The highest BCUT2D eigenvalue weighted by Gasteiger charge is 2.25. The van der Waals surface area contributed by atoms with Crippen LogP contribution < -0.4 is 11.5 Å². The van der Waals surface area contributed by atoms with E-state index in [0.29, 0.717) is 6.42 Å². The van der Waals surface area contributed by atoms with Gasteiger partial charge in [-0.25, -0.2) is 0 Å². The maximum Gasteiger partial charge on any atom is 0.237 e. The van der Waals surface area contributed by atoms with Crippen LogP contribution in [0.5, 0.6) is 0 Å². The summed E-state index contributed by atoms with van der Waals surface area (Å²) in [5.74, 6) is -0.476. The summed E-state index contributed by atoms with van der Waals surface area (Å²) in [6, 6.07) is 9.59. The molecule has 3 nitrogen and oxygen atoms in total. The summed E-state index contributed by atoms with van der Waals surface area (Å²) in [6.07, 6.45) is 0.475. The van der Waals surface area contributed by atoms with E-state index < -0.39 is 11.4 Å². The molecule has 1 aromatic rings. The zero-order chi connectivity index (χ0) is 9.90. The van der Waals surface area contributed by atoms with Gasteiger partial charge in [-0.05, 0) is 18.9 Å². The summed E-state index contributed by atoms with van der Waals surface area (Å²) in [6.45, 7) is 1.64. The van der Waals surface area contributed by atoms with E-state index in [0.717, 1.165) is 5.56 Å². The highest BCUT2D eigenvalue weighted by Crippen LogP contribution is 2.09. The molecule has 1 atom stereocenters. The Bertz CT molecular complexity index is 298. The van der Waals surface area contributed by atoms with Gasteiger partial charge in [0.05, 0.1) is 5.54 Å². The summed E-state index contributed by atoms with van der Waals surface area (Å²) in [7, 11) is 0. The van der Waals surface area contributed by atoms with Crippen LogP contribution in [-0.4, -0.2) is 11.4 Å². The van der Waals surface area contributed by atoms with Crippen molar-refractivity contribution >= 4 is 18.3 Å². The Morgan fingerprint density at radius 1 is 1.36 bits per heavy atom. The first-order valence-electron chi connectivity index (χ1n) is 4.15. The van der Waals surface area contributed by atoms with E-state index in [4.69, 9.17) is 11.5 Å². The fourth-order valence-corrected chi connectivity index (χ4v) is 1.11. The number of nitrogens with two attached hydrogens (primary N) is 2. The monoisotopic (exact) mass is 214 g/mol. The van der Waals surface area contributed by atoms with Crippen molar-refractivity contribution in [1.29, 1.82) is 0 Å². The van der Waals surface area contributed by atoms with Gasteiger partial charge in [-0.2, -0.15) is 0 Å². The SMILES string of the molecule is C[C@](N)(Cc1ccccc1)C(N)=O.Cl. The molecule has 14 heavy (non-hydrogen) atoms. The molecule has 0 unspecified atom stereocenters. The smallest absolute Gasteiger partial charge is 0.237 e. The number of carbonyl (C=O) groups excluding carboxylic acids is 1. The third-order valence-electron chi connectivity index (χ3n) is 1.98. The molecule has 0 aliphatic carbocycles. The molecular formula is C10H15ClN2O. The third-order valence-corrected chi connectivity index (χ3v) is 1.98. The van der Waals surface area contributed by atoms with Gasteiger partial charge < -0.3 is 11.5 Å². The minimum atomic E-state index is -0.957. The molecule has 0 fully saturated rings. The average molecular weight is 215 g/mol. The van der Waals surface area contributed by atoms with Crippen LogP contribution in [0.25, 0.3) is 0 Å². The fraction of sp³-hybridized carbons (Fsp3) is 0.300. The van der Waals surface area contributed by atoms with E-state index in [9.17, 15) is 4.79 Å². The Hall–Kier alpha value is -1.06. The largest absolute Gasteiger partial charge is 0.368 e. The van der Waals surface area contributed by atoms with Gasteiger partial charge >= 0.3 is 0 Å². The van der Waals surface area contributed by atoms with Crippen molar-refractivity contribution in [2.75, 3.05) is 0 Å². The predicted molar refractivity (Wildman–Crippen MR) is 59.2 cm³/mol. The number of halogens is 1. The Labute approximate surface area is 89.9 Å². The quantitative estimate of drug-likeness (QED) is 0.784. The number of benzene rings is 1. The molecule has 1 amide bonds. The van der Waals surface area contributed by atoms with Crippen LogP contribution in [0.2, 0.25) is 0 Å². The summed E-state index contributed by atoms with van der Waals surface area (Å²) >= 11 is 0.